The molecule has 1 aromatic carbocycles. The zero-order valence-corrected chi connectivity index (χ0v) is 10.0. The van der Waals surface area contributed by atoms with E-state index in [-0.39, 0.29) is 0 Å². The smallest absolute Gasteiger partial charge is 0.211 e. The van der Waals surface area contributed by atoms with Crippen LogP contribution in [0.25, 0.3) is 11.1 Å². The summed E-state index contributed by atoms with van der Waals surface area (Å²) in [4.78, 5) is 26.5. The number of isocyanates is 2. The first kappa shape index (κ1) is 12.7. The van der Waals surface area contributed by atoms with Crippen LogP contribution in [0.4, 0.5) is 5.69 Å². The molecule has 2 aliphatic carbocycles. The van der Waals surface area contributed by atoms with Crippen molar-refractivity contribution in [1.29, 1.82) is 0 Å². The quantitative estimate of drug-likeness (QED) is 0.529. The van der Waals surface area contributed by atoms with Crippen LogP contribution in [-0.4, -0.2) is 12.2 Å². The number of hydrogen-bond acceptors (Lipinski definition) is 4. The maximum absolute atomic E-state index is 9.87. The van der Waals surface area contributed by atoms with Crippen LogP contribution in [0, 0.1) is 0 Å². The van der Waals surface area contributed by atoms with Crippen molar-refractivity contribution in [3.8, 4) is 11.1 Å². The van der Waals surface area contributed by atoms with E-state index in [1.165, 1.54) is 23.3 Å². The van der Waals surface area contributed by atoms with Gasteiger partial charge >= 0.3 is 0 Å². The average Bonchev–Trinajstić information content (AvgIpc) is 2.43. The van der Waals surface area contributed by atoms with Gasteiger partial charge in [-0.1, -0.05) is 36.4 Å². The molecule has 0 heterocycles. The minimum atomic E-state index is 0.300. The van der Waals surface area contributed by atoms with Crippen molar-refractivity contribution in [2.45, 2.75) is 6.54 Å². The molecule has 0 radical (unpaired) electrons. The molecular weight excluding hydrogens is 240 g/mol. The zero-order chi connectivity index (χ0) is 13.5. The number of hydrogen-bond donors (Lipinski definition) is 0. The van der Waals surface area contributed by atoms with Crippen molar-refractivity contribution in [2.75, 3.05) is 0 Å². The summed E-state index contributed by atoms with van der Waals surface area (Å²) in [6.45, 7) is 0.300. The van der Waals surface area contributed by atoms with Gasteiger partial charge in [0.2, 0.25) is 12.2 Å². The van der Waals surface area contributed by atoms with E-state index in [2.05, 4.69) is 34.3 Å². The molecule has 0 aromatic heterocycles. The lowest BCUT2D eigenvalue weighted by Gasteiger charge is -2.10. The van der Waals surface area contributed by atoms with Crippen molar-refractivity contribution in [3.05, 3.63) is 54.1 Å². The number of rotatable bonds is 3. The lowest BCUT2D eigenvalue weighted by molar-refractivity contribution is 0.562. The van der Waals surface area contributed by atoms with Crippen LogP contribution >= 0.6 is 0 Å². The molecule has 0 saturated carbocycles. The Morgan fingerprint density at radius 2 is 1.37 bits per heavy atom. The van der Waals surface area contributed by atoms with Gasteiger partial charge < -0.3 is 0 Å². The molecule has 0 fully saturated rings. The topological polar surface area (TPSA) is 58.9 Å². The summed E-state index contributed by atoms with van der Waals surface area (Å²) in [7, 11) is 0. The fourth-order valence-corrected chi connectivity index (χ4v) is 1.51. The molecule has 4 heteroatoms. The van der Waals surface area contributed by atoms with Crippen LogP contribution < -0.4 is 0 Å². The minimum Gasteiger partial charge on any atom is -0.211 e. The van der Waals surface area contributed by atoms with Crippen molar-refractivity contribution < 1.29 is 9.59 Å². The number of fused-ring (bicyclic) bond motifs is 1. The third kappa shape index (κ3) is 3.33. The van der Waals surface area contributed by atoms with E-state index in [0.29, 0.717) is 12.2 Å². The van der Waals surface area contributed by atoms with Gasteiger partial charge in [0.05, 0.1) is 12.2 Å². The SMILES string of the molecule is O=C=NCc1ccc(N=C=O)cc1.c1cc2ccc1-2. The first-order chi connectivity index (χ1) is 9.33. The molecule has 3 rings (SSSR count). The summed E-state index contributed by atoms with van der Waals surface area (Å²) in [6, 6.07) is 15.3. The van der Waals surface area contributed by atoms with E-state index < -0.39 is 0 Å². The highest BCUT2D eigenvalue weighted by Gasteiger charge is 2.03. The molecule has 0 saturated heterocycles. The van der Waals surface area contributed by atoms with Crippen molar-refractivity contribution in [3.63, 3.8) is 0 Å². The van der Waals surface area contributed by atoms with Gasteiger partial charge in [0.15, 0.2) is 0 Å². The lowest BCUT2D eigenvalue weighted by atomic mass is 9.95. The number of carbonyl (C=O) groups excluding carboxylic acids is 2. The van der Waals surface area contributed by atoms with Gasteiger partial charge in [0.1, 0.15) is 0 Å². The summed E-state index contributed by atoms with van der Waals surface area (Å²) in [5.41, 5.74) is 4.26. The Morgan fingerprint density at radius 1 is 0.789 bits per heavy atom. The van der Waals surface area contributed by atoms with Gasteiger partial charge in [-0.05, 0) is 28.8 Å². The monoisotopic (exact) mass is 250 g/mol. The van der Waals surface area contributed by atoms with Crippen LogP contribution in [0.3, 0.4) is 0 Å². The first-order valence-electron chi connectivity index (χ1n) is 5.64. The third-order valence-electron chi connectivity index (χ3n) is 2.66. The summed E-state index contributed by atoms with van der Waals surface area (Å²) in [5.74, 6) is 0. The minimum absolute atomic E-state index is 0.300. The Balaban J connectivity index is 0.000000180. The molecular formula is C15H10N2O2. The molecule has 0 bridgehead atoms. The van der Waals surface area contributed by atoms with Crippen LogP contribution in [0.5, 0.6) is 0 Å². The fourth-order valence-electron chi connectivity index (χ4n) is 1.51. The van der Waals surface area contributed by atoms with Crippen LogP contribution in [-0.2, 0) is 16.1 Å². The molecule has 92 valence electrons. The highest BCUT2D eigenvalue weighted by Crippen LogP contribution is 2.29. The molecule has 4 nitrogen and oxygen atoms in total. The number of aliphatic imine (C=N–C) groups is 2. The molecule has 0 amide bonds. The maximum atomic E-state index is 9.87. The van der Waals surface area contributed by atoms with Crippen molar-refractivity contribution >= 4 is 17.8 Å². The van der Waals surface area contributed by atoms with Crippen molar-refractivity contribution in [1.82, 2.24) is 0 Å². The third-order valence-corrected chi connectivity index (χ3v) is 2.66. The van der Waals surface area contributed by atoms with Gasteiger partial charge in [-0.3, -0.25) is 0 Å². The zero-order valence-electron chi connectivity index (χ0n) is 10.0. The standard InChI is InChI=1S/C9H6N2O2.C6H4/c12-6-10-5-8-1-3-9(4-2-8)11-7-13;1-2-6-4-3-5(1)6/h1-4H,5H2;1-4H. The van der Waals surface area contributed by atoms with Gasteiger partial charge in [-0.15, -0.1) is 0 Å². The fraction of sp³-hybridized carbons (Fsp3) is 0.0667. The summed E-state index contributed by atoms with van der Waals surface area (Å²) < 4.78 is 0. The number of nitrogens with zero attached hydrogens (tertiary/aromatic N) is 2. The molecule has 0 spiro atoms. The van der Waals surface area contributed by atoms with E-state index in [0.717, 1.165) is 5.56 Å². The molecule has 0 atom stereocenters. The number of benzene rings is 2. The molecule has 0 aliphatic heterocycles. The molecule has 19 heavy (non-hydrogen) atoms. The van der Waals surface area contributed by atoms with Gasteiger partial charge in [-0.2, -0.15) is 4.99 Å². The van der Waals surface area contributed by atoms with Gasteiger partial charge in [-0.25, -0.2) is 14.6 Å². The summed E-state index contributed by atoms with van der Waals surface area (Å²) >= 11 is 0. The van der Waals surface area contributed by atoms with E-state index in [9.17, 15) is 9.59 Å². The first-order valence-corrected chi connectivity index (χ1v) is 5.64. The second-order valence-corrected chi connectivity index (χ2v) is 3.85. The Kier molecular flexibility index (Phi) is 4.14. The van der Waals surface area contributed by atoms with E-state index in [1.54, 1.807) is 24.3 Å². The Bertz CT molecular complexity index is 627. The Labute approximate surface area is 110 Å². The predicted octanol–water partition coefficient (Wildman–Crippen LogP) is 3.16. The maximum Gasteiger partial charge on any atom is 0.240 e. The molecule has 0 unspecified atom stereocenters. The Hall–Kier alpha value is -2.80. The predicted molar refractivity (Wildman–Crippen MR) is 71.5 cm³/mol. The van der Waals surface area contributed by atoms with Crippen LogP contribution in [0.1, 0.15) is 5.56 Å². The Morgan fingerprint density at radius 3 is 1.74 bits per heavy atom. The van der Waals surface area contributed by atoms with Gasteiger partial charge in [0, 0.05) is 0 Å². The van der Waals surface area contributed by atoms with Gasteiger partial charge in [0.25, 0.3) is 0 Å². The highest BCUT2D eigenvalue weighted by molar-refractivity contribution is 5.75. The molecule has 0 N–H and O–H groups in total. The van der Waals surface area contributed by atoms with E-state index in [4.69, 9.17) is 0 Å². The second kappa shape index (κ2) is 6.22. The summed E-state index contributed by atoms with van der Waals surface area (Å²) in [6.07, 6.45) is 2.88. The lowest BCUT2D eigenvalue weighted by Crippen LogP contribution is -1.85. The normalized spacial score (nSPS) is 9.26. The van der Waals surface area contributed by atoms with E-state index in [1.807, 2.05) is 0 Å². The highest BCUT2D eigenvalue weighted by atomic mass is 16.1. The average molecular weight is 250 g/mol. The molecule has 2 aliphatic rings. The summed E-state index contributed by atoms with van der Waals surface area (Å²) in [5, 5.41) is 0. The van der Waals surface area contributed by atoms with Crippen LogP contribution in [0.15, 0.2) is 58.5 Å². The second-order valence-electron chi connectivity index (χ2n) is 3.85. The largest absolute Gasteiger partial charge is 0.240 e. The molecule has 1 aromatic rings. The van der Waals surface area contributed by atoms with E-state index >= 15 is 0 Å². The van der Waals surface area contributed by atoms with Crippen molar-refractivity contribution in [2.24, 2.45) is 9.98 Å². The van der Waals surface area contributed by atoms with Crippen LogP contribution in [0.2, 0.25) is 0 Å².